The Morgan fingerprint density at radius 3 is 2.46 bits per heavy atom. The molecule has 0 unspecified atom stereocenters. The highest BCUT2D eigenvalue weighted by atomic mass is 32.2. The zero-order chi connectivity index (χ0) is 18.9. The Morgan fingerprint density at radius 2 is 1.77 bits per heavy atom. The molecule has 0 aliphatic carbocycles. The summed E-state index contributed by atoms with van der Waals surface area (Å²) in [5, 5.41) is 2.94. The van der Waals surface area contributed by atoms with E-state index in [0.29, 0.717) is 24.2 Å². The maximum absolute atomic E-state index is 12.6. The molecule has 0 radical (unpaired) electrons. The summed E-state index contributed by atoms with van der Waals surface area (Å²) < 4.78 is 26.1. The average molecular weight is 372 g/mol. The van der Waals surface area contributed by atoms with Crippen LogP contribution in [0.5, 0.6) is 0 Å². The summed E-state index contributed by atoms with van der Waals surface area (Å²) in [5.74, 6) is -0.0174. The van der Waals surface area contributed by atoms with Crippen LogP contribution < -0.4 is 9.62 Å². The number of nitrogens with one attached hydrogen (secondary N) is 1. The number of rotatable bonds is 3. The fourth-order valence-corrected chi connectivity index (χ4v) is 4.90. The van der Waals surface area contributed by atoms with Crippen molar-refractivity contribution in [3.63, 3.8) is 0 Å². The third-order valence-corrected chi connectivity index (χ3v) is 6.57. The van der Waals surface area contributed by atoms with Gasteiger partial charge in [-0.15, -0.1) is 0 Å². The molecule has 1 aliphatic rings. The molecular formula is C20H24N2O3S. The summed E-state index contributed by atoms with van der Waals surface area (Å²) in [4.78, 5) is 12.6. The molecule has 1 heterocycles. The van der Waals surface area contributed by atoms with Crippen molar-refractivity contribution in [1.29, 1.82) is 0 Å². The number of amides is 1. The minimum absolute atomic E-state index is 0.182. The van der Waals surface area contributed by atoms with Gasteiger partial charge in [0.15, 0.2) is 0 Å². The van der Waals surface area contributed by atoms with Gasteiger partial charge < -0.3 is 5.32 Å². The van der Waals surface area contributed by atoms with Crippen molar-refractivity contribution < 1.29 is 13.2 Å². The first-order chi connectivity index (χ1) is 12.3. The quantitative estimate of drug-likeness (QED) is 0.891. The van der Waals surface area contributed by atoms with Gasteiger partial charge in [-0.1, -0.05) is 12.1 Å². The SMILES string of the molecule is Cc1ccc(C)c(NC(=O)c2ccc(N3CCCCS3(=O)=O)c(C)c2)c1. The van der Waals surface area contributed by atoms with Crippen LogP contribution in [0.4, 0.5) is 11.4 Å². The van der Waals surface area contributed by atoms with Gasteiger partial charge in [-0.05, 0) is 74.6 Å². The van der Waals surface area contributed by atoms with Gasteiger partial charge in [0.1, 0.15) is 0 Å². The smallest absolute Gasteiger partial charge is 0.255 e. The van der Waals surface area contributed by atoms with Crippen LogP contribution >= 0.6 is 0 Å². The molecule has 2 aromatic rings. The van der Waals surface area contributed by atoms with Gasteiger partial charge in [-0.25, -0.2) is 8.42 Å². The van der Waals surface area contributed by atoms with E-state index < -0.39 is 10.0 Å². The second-order valence-corrected chi connectivity index (χ2v) is 8.88. The maximum Gasteiger partial charge on any atom is 0.255 e. The number of hydrogen-bond donors (Lipinski definition) is 1. The van der Waals surface area contributed by atoms with Gasteiger partial charge in [0, 0.05) is 17.8 Å². The molecule has 6 heteroatoms. The Morgan fingerprint density at radius 1 is 1.00 bits per heavy atom. The molecule has 3 rings (SSSR count). The van der Waals surface area contributed by atoms with Crippen LogP contribution in [0.1, 0.15) is 39.9 Å². The molecule has 1 fully saturated rings. The van der Waals surface area contributed by atoms with E-state index in [2.05, 4.69) is 5.32 Å². The largest absolute Gasteiger partial charge is 0.322 e. The molecule has 1 N–H and O–H groups in total. The molecule has 0 bridgehead atoms. The molecule has 5 nitrogen and oxygen atoms in total. The van der Waals surface area contributed by atoms with E-state index in [1.54, 1.807) is 18.2 Å². The average Bonchev–Trinajstić information content (AvgIpc) is 2.58. The van der Waals surface area contributed by atoms with E-state index in [4.69, 9.17) is 0 Å². The van der Waals surface area contributed by atoms with Crippen LogP contribution in [0, 0.1) is 20.8 Å². The van der Waals surface area contributed by atoms with Gasteiger partial charge in [-0.3, -0.25) is 9.10 Å². The number of sulfonamides is 1. The second-order valence-electron chi connectivity index (χ2n) is 6.87. The topological polar surface area (TPSA) is 66.5 Å². The minimum Gasteiger partial charge on any atom is -0.322 e. The number of carbonyl (C=O) groups excluding carboxylic acids is 1. The fraction of sp³-hybridized carbons (Fsp3) is 0.350. The number of aryl methyl sites for hydroxylation is 3. The van der Waals surface area contributed by atoms with Crippen LogP contribution in [0.2, 0.25) is 0 Å². The van der Waals surface area contributed by atoms with Crippen LogP contribution in [-0.2, 0) is 10.0 Å². The molecular weight excluding hydrogens is 348 g/mol. The Labute approximate surface area is 155 Å². The highest BCUT2D eigenvalue weighted by Gasteiger charge is 2.27. The van der Waals surface area contributed by atoms with Crippen LogP contribution in [0.15, 0.2) is 36.4 Å². The monoisotopic (exact) mass is 372 g/mol. The first-order valence-electron chi connectivity index (χ1n) is 8.77. The van der Waals surface area contributed by atoms with Gasteiger partial charge in [0.25, 0.3) is 5.91 Å². The Hall–Kier alpha value is -2.34. The number of nitrogens with zero attached hydrogens (tertiary/aromatic N) is 1. The van der Waals surface area contributed by atoms with E-state index in [1.165, 1.54) is 4.31 Å². The number of anilines is 2. The van der Waals surface area contributed by atoms with Gasteiger partial charge in [0.05, 0.1) is 11.4 Å². The standard InChI is InChI=1S/C20H24N2O3S/c1-14-6-7-15(2)18(12-14)21-20(23)17-8-9-19(16(3)13-17)22-10-4-5-11-26(22,24)25/h6-9,12-13H,4-5,10-11H2,1-3H3,(H,21,23). The number of hydrogen-bond acceptors (Lipinski definition) is 3. The fourth-order valence-electron chi connectivity index (χ4n) is 3.20. The van der Waals surface area contributed by atoms with E-state index in [9.17, 15) is 13.2 Å². The molecule has 0 saturated carbocycles. The van der Waals surface area contributed by atoms with Gasteiger partial charge >= 0.3 is 0 Å². The summed E-state index contributed by atoms with van der Waals surface area (Å²) in [6.45, 7) is 6.27. The van der Waals surface area contributed by atoms with E-state index >= 15 is 0 Å². The van der Waals surface area contributed by atoms with Crippen molar-refractivity contribution in [1.82, 2.24) is 0 Å². The maximum atomic E-state index is 12.6. The molecule has 1 aliphatic heterocycles. The lowest BCUT2D eigenvalue weighted by Gasteiger charge is -2.29. The third kappa shape index (κ3) is 3.75. The van der Waals surface area contributed by atoms with Crippen LogP contribution in [0.25, 0.3) is 0 Å². The van der Waals surface area contributed by atoms with Crippen LogP contribution in [0.3, 0.4) is 0 Å². The molecule has 1 saturated heterocycles. The zero-order valence-corrected chi connectivity index (χ0v) is 16.2. The van der Waals surface area contributed by atoms with Crippen molar-refractivity contribution in [2.75, 3.05) is 21.9 Å². The first kappa shape index (κ1) is 18.5. The Balaban J connectivity index is 1.85. The number of carbonyl (C=O) groups is 1. The van der Waals surface area contributed by atoms with E-state index in [-0.39, 0.29) is 11.7 Å². The van der Waals surface area contributed by atoms with Crippen molar-refractivity contribution in [2.45, 2.75) is 33.6 Å². The lowest BCUT2D eigenvalue weighted by Crippen LogP contribution is -2.38. The minimum atomic E-state index is -3.26. The first-order valence-corrected chi connectivity index (χ1v) is 10.4. The summed E-state index contributed by atoms with van der Waals surface area (Å²) in [6.07, 6.45) is 1.56. The lowest BCUT2D eigenvalue weighted by molar-refractivity contribution is 0.102. The Kier molecular flexibility index (Phi) is 5.05. The summed E-state index contributed by atoms with van der Waals surface area (Å²) in [7, 11) is -3.26. The summed E-state index contributed by atoms with van der Waals surface area (Å²) in [5.41, 5.74) is 4.82. The normalized spacial score (nSPS) is 16.3. The van der Waals surface area contributed by atoms with Crippen LogP contribution in [-0.4, -0.2) is 26.6 Å². The highest BCUT2D eigenvalue weighted by molar-refractivity contribution is 7.92. The van der Waals surface area contributed by atoms with Crippen molar-refractivity contribution in [2.24, 2.45) is 0 Å². The number of benzene rings is 2. The Bertz CT molecular complexity index is 952. The third-order valence-electron chi connectivity index (χ3n) is 4.72. The zero-order valence-electron chi connectivity index (χ0n) is 15.4. The molecule has 138 valence electrons. The van der Waals surface area contributed by atoms with Gasteiger partial charge in [-0.2, -0.15) is 0 Å². The predicted octanol–water partition coefficient (Wildman–Crippen LogP) is 3.79. The van der Waals surface area contributed by atoms with Crippen molar-refractivity contribution >= 4 is 27.3 Å². The van der Waals surface area contributed by atoms with E-state index in [0.717, 1.165) is 28.8 Å². The molecule has 0 aromatic heterocycles. The predicted molar refractivity (Wildman–Crippen MR) is 105 cm³/mol. The van der Waals surface area contributed by atoms with Gasteiger partial charge in [0.2, 0.25) is 10.0 Å². The van der Waals surface area contributed by atoms with E-state index in [1.807, 2.05) is 39.0 Å². The summed E-state index contributed by atoms with van der Waals surface area (Å²) in [6, 6.07) is 11.1. The molecule has 0 spiro atoms. The molecule has 26 heavy (non-hydrogen) atoms. The second kappa shape index (κ2) is 7.11. The lowest BCUT2D eigenvalue weighted by atomic mass is 10.1. The molecule has 2 aromatic carbocycles. The molecule has 0 atom stereocenters. The summed E-state index contributed by atoms with van der Waals surface area (Å²) >= 11 is 0. The van der Waals surface area contributed by atoms with Crippen molar-refractivity contribution in [3.8, 4) is 0 Å². The van der Waals surface area contributed by atoms with Crippen molar-refractivity contribution in [3.05, 3.63) is 58.7 Å². The molecule has 1 amide bonds. The highest BCUT2D eigenvalue weighted by Crippen LogP contribution is 2.28.